The first-order valence-electron chi connectivity index (χ1n) is 9.24. The summed E-state index contributed by atoms with van der Waals surface area (Å²) in [6.45, 7) is 4.07. The maximum absolute atomic E-state index is 12.8. The maximum atomic E-state index is 12.8. The Kier molecular flexibility index (Phi) is 4.87. The van der Waals surface area contributed by atoms with E-state index >= 15 is 0 Å². The summed E-state index contributed by atoms with van der Waals surface area (Å²) in [7, 11) is 1.62. The van der Waals surface area contributed by atoms with Gasteiger partial charge in [0.2, 0.25) is 0 Å². The molecule has 2 N–H and O–H groups in total. The molecule has 28 heavy (non-hydrogen) atoms. The summed E-state index contributed by atoms with van der Waals surface area (Å²) in [6.07, 6.45) is -1.14. The van der Waals surface area contributed by atoms with Crippen LogP contribution < -0.4 is 20.1 Å². The lowest BCUT2D eigenvalue weighted by Gasteiger charge is -2.35. The minimum atomic E-state index is -0.778. The first-order valence-corrected chi connectivity index (χ1v) is 9.24. The van der Waals surface area contributed by atoms with Crippen LogP contribution in [0.15, 0.2) is 48.5 Å². The monoisotopic (exact) mass is 384 g/mol. The number of para-hydroxylation sites is 2. The van der Waals surface area contributed by atoms with Gasteiger partial charge in [-0.2, -0.15) is 0 Å². The Morgan fingerprint density at radius 1 is 1.18 bits per heavy atom. The van der Waals surface area contributed by atoms with E-state index in [4.69, 9.17) is 18.9 Å². The smallest absolute Gasteiger partial charge is 0.267 e. The van der Waals surface area contributed by atoms with Crippen molar-refractivity contribution in [2.75, 3.05) is 24.4 Å². The Morgan fingerprint density at radius 3 is 2.61 bits per heavy atom. The molecule has 1 amide bonds. The zero-order valence-corrected chi connectivity index (χ0v) is 16.1. The molecular weight excluding hydrogens is 360 g/mol. The van der Waals surface area contributed by atoms with Crippen LogP contribution >= 0.6 is 0 Å². The van der Waals surface area contributed by atoms with Gasteiger partial charge in [-0.25, -0.2) is 0 Å². The zero-order valence-electron chi connectivity index (χ0n) is 16.1. The average Bonchev–Trinajstić information content (AvgIpc) is 3.06. The van der Waals surface area contributed by atoms with Crippen LogP contribution in [-0.4, -0.2) is 43.7 Å². The van der Waals surface area contributed by atoms with E-state index in [1.54, 1.807) is 7.11 Å². The molecule has 7 heteroatoms. The van der Waals surface area contributed by atoms with Crippen LogP contribution in [0.4, 0.5) is 11.4 Å². The van der Waals surface area contributed by atoms with E-state index in [2.05, 4.69) is 10.6 Å². The zero-order chi connectivity index (χ0) is 19.7. The normalized spacial score (nSPS) is 23.9. The van der Waals surface area contributed by atoms with Gasteiger partial charge in [0.15, 0.2) is 11.9 Å². The summed E-state index contributed by atoms with van der Waals surface area (Å²) in [5, 5.41) is 6.31. The van der Waals surface area contributed by atoms with E-state index in [0.717, 1.165) is 11.4 Å². The molecule has 3 atom stereocenters. The van der Waals surface area contributed by atoms with Gasteiger partial charge >= 0.3 is 0 Å². The van der Waals surface area contributed by atoms with Crippen molar-refractivity contribution in [2.24, 2.45) is 0 Å². The molecule has 0 bridgehead atoms. The van der Waals surface area contributed by atoms with Gasteiger partial charge in [-0.3, -0.25) is 4.79 Å². The molecule has 0 aliphatic carbocycles. The third-order valence-electron chi connectivity index (χ3n) is 4.84. The van der Waals surface area contributed by atoms with Crippen molar-refractivity contribution in [1.82, 2.24) is 0 Å². The van der Waals surface area contributed by atoms with Crippen LogP contribution in [0.25, 0.3) is 0 Å². The quantitative estimate of drug-likeness (QED) is 0.825. The summed E-state index contributed by atoms with van der Waals surface area (Å²) >= 11 is 0. The van der Waals surface area contributed by atoms with Gasteiger partial charge in [-0.1, -0.05) is 12.1 Å². The van der Waals surface area contributed by atoms with E-state index < -0.39 is 17.9 Å². The number of ether oxygens (including phenoxy) is 4. The number of benzene rings is 2. The van der Waals surface area contributed by atoms with E-state index in [-0.39, 0.29) is 12.0 Å². The fourth-order valence-electron chi connectivity index (χ4n) is 3.44. The van der Waals surface area contributed by atoms with Crippen molar-refractivity contribution >= 4 is 17.3 Å². The van der Waals surface area contributed by atoms with E-state index in [9.17, 15) is 4.79 Å². The molecule has 2 aliphatic rings. The van der Waals surface area contributed by atoms with Gasteiger partial charge in [0.05, 0.1) is 19.4 Å². The van der Waals surface area contributed by atoms with Crippen molar-refractivity contribution in [3.63, 3.8) is 0 Å². The highest BCUT2D eigenvalue weighted by molar-refractivity contribution is 5.98. The van der Waals surface area contributed by atoms with E-state index in [1.807, 2.05) is 62.4 Å². The molecule has 148 valence electrons. The molecule has 0 spiro atoms. The Balaban J connectivity index is 1.62. The topological polar surface area (TPSA) is 78.1 Å². The number of fused-ring (bicyclic) bond motifs is 1. The summed E-state index contributed by atoms with van der Waals surface area (Å²) in [5.74, 6) is 0.446. The number of methoxy groups -OCH3 is 1. The van der Waals surface area contributed by atoms with Crippen molar-refractivity contribution in [1.29, 1.82) is 0 Å². The Hall–Kier alpha value is -2.77. The number of rotatable bonds is 5. The van der Waals surface area contributed by atoms with Crippen LogP contribution in [0.2, 0.25) is 0 Å². The van der Waals surface area contributed by atoms with Gasteiger partial charge in [0, 0.05) is 5.69 Å². The molecule has 4 rings (SSSR count). The van der Waals surface area contributed by atoms with Crippen molar-refractivity contribution in [3.8, 4) is 11.5 Å². The van der Waals surface area contributed by atoms with Crippen LogP contribution in [0.5, 0.6) is 11.5 Å². The van der Waals surface area contributed by atoms with Gasteiger partial charge < -0.3 is 29.6 Å². The summed E-state index contributed by atoms with van der Waals surface area (Å²) in [6, 6.07) is 14.4. The van der Waals surface area contributed by atoms with Crippen LogP contribution in [0.1, 0.15) is 13.8 Å². The number of nitrogens with one attached hydrogen (secondary N) is 2. The summed E-state index contributed by atoms with van der Waals surface area (Å²) in [5.41, 5.74) is 1.49. The second-order valence-electron chi connectivity index (χ2n) is 7.29. The molecule has 0 saturated carbocycles. The number of anilines is 2. The third kappa shape index (κ3) is 3.76. The Bertz CT molecular complexity index is 852. The second-order valence-corrected chi connectivity index (χ2v) is 7.29. The number of hydrogen-bond donors (Lipinski definition) is 2. The molecule has 7 nitrogen and oxygen atoms in total. The lowest BCUT2D eigenvalue weighted by atomic mass is 10.0. The number of carbonyl (C=O) groups excluding carboxylic acids is 1. The van der Waals surface area contributed by atoms with Crippen LogP contribution in [-0.2, 0) is 14.3 Å². The van der Waals surface area contributed by atoms with E-state index in [0.29, 0.717) is 18.0 Å². The van der Waals surface area contributed by atoms with Crippen molar-refractivity contribution < 1.29 is 23.7 Å². The molecule has 2 aromatic carbocycles. The number of amides is 1. The predicted molar refractivity (Wildman–Crippen MR) is 105 cm³/mol. The third-order valence-corrected chi connectivity index (χ3v) is 4.84. The molecule has 1 fully saturated rings. The lowest BCUT2D eigenvalue weighted by Crippen LogP contribution is -2.54. The number of carbonyl (C=O) groups is 1. The van der Waals surface area contributed by atoms with Crippen LogP contribution in [0, 0.1) is 0 Å². The SMILES string of the molecule is COc1ccc(N[C@@H]([C@H]2COC(C)(C)O2)[C@H]2Oc3ccccc3NC2=O)cc1. The fraction of sp³-hybridized carbons (Fsp3) is 0.381. The van der Waals surface area contributed by atoms with Gasteiger partial charge in [0.25, 0.3) is 5.91 Å². The molecule has 2 aliphatic heterocycles. The predicted octanol–water partition coefficient (Wildman–Crippen LogP) is 3.03. The van der Waals surface area contributed by atoms with Crippen molar-refractivity contribution in [3.05, 3.63) is 48.5 Å². The van der Waals surface area contributed by atoms with Gasteiger partial charge in [-0.05, 0) is 50.2 Å². The molecule has 2 heterocycles. The minimum Gasteiger partial charge on any atom is -0.497 e. The van der Waals surface area contributed by atoms with Crippen molar-refractivity contribution in [2.45, 2.75) is 37.9 Å². The molecule has 2 aromatic rings. The summed E-state index contributed by atoms with van der Waals surface area (Å²) < 4.78 is 23.1. The molecule has 0 unspecified atom stereocenters. The van der Waals surface area contributed by atoms with Gasteiger partial charge in [-0.15, -0.1) is 0 Å². The lowest BCUT2D eigenvalue weighted by molar-refractivity contribution is -0.145. The first kappa shape index (κ1) is 18.6. The molecular formula is C21H24N2O5. The first-order chi connectivity index (χ1) is 13.4. The number of hydrogen-bond acceptors (Lipinski definition) is 6. The highest BCUT2D eigenvalue weighted by Crippen LogP contribution is 2.34. The molecule has 0 aromatic heterocycles. The molecule has 1 saturated heterocycles. The Morgan fingerprint density at radius 2 is 1.93 bits per heavy atom. The van der Waals surface area contributed by atoms with Crippen LogP contribution in [0.3, 0.4) is 0 Å². The standard InChI is InChI=1S/C21H24N2O5/c1-21(2)26-12-17(28-21)18(22-13-8-10-14(25-3)11-9-13)19-20(24)23-15-6-4-5-7-16(15)27-19/h4-11,17-19,22H,12H2,1-3H3,(H,23,24)/t17-,18+,19-/m1/s1. The highest BCUT2D eigenvalue weighted by Gasteiger charge is 2.45. The average molecular weight is 384 g/mol. The fourth-order valence-corrected chi connectivity index (χ4v) is 3.44. The Labute approximate surface area is 163 Å². The van der Waals surface area contributed by atoms with E-state index in [1.165, 1.54) is 0 Å². The van der Waals surface area contributed by atoms with Gasteiger partial charge in [0.1, 0.15) is 23.6 Å². The largest absolute Gasteiger partial charge is 0.497 e. The molecule has 0 radical (unpaired) electrons. The highest BCUT2D eigenvalue weighted by atomic mass is 16.7. The second kappa shape index (κ2) is 7.33. The summed E-state index contributed by atoms with van der Waals surface area (Å²) in [4.78, 5) is 12.8. The maximum Gasteiger partial charge on any atom is 0.267 e. The minimum absolute atomic E-state index is 0.224.